The standard InChI is InChI=1S/C28H30N6O4/c1-28(2,37)17-32-13-11-24(31-32)33-21-9-3-7-19(21)14-22(27(33)36)34-25(35)15-20(16-30-34)38-23-10-4-6-18-8-5-12-29-26(18)23/h4-6,8,10-13,15-16,19,21-22,37H,3,7,9,14,17H2,1-2H3. The molecule has 196 valence electrons. The van der Waals surface area contributed by atoms with E-state index in [9.17, 15) is 14.7 Å². The molecular formula is C28H30N6O4. The van der Waals surface area contributed by atoms with Crippen molar-refractivity contribution >= 4 is 22.6 Å². The molecule has 2 fully saturated rings. The van der Waals surface area contributed by atoms with Gasteiger partial charge in [0.1, 0.15) is 11.6 Å². The molecule has 1 amide bonds. The number of piperidine rings is 1. The fourth-order valence-corrected chi connectivity index (χ4v) is 5.77. The van der Waals surface area contributed by atoms with Crippen LogP contribution in [0.4, 0.5) is 5.82 Å². The second kappa shape index (κ2) is 9.36. The van der Waals surface area contributed by atoms with Gasteiger partial charge < -0.3 is 9.84 Å². The maximum absolute atomic E-state index is 13.8. The number of pyridine rings is 1. The molecule has 1 aliphatic carbocycles. The summed E-state index contributed by atoms with van der Waals surface area (Å²) in [5.41, 5.74) is -0.650. The van der Waals surface area contributed by atoms with Gasteiger partial charge in [0, 0.05) is 36.0 Å². The minimum Gasteiger partial charge on any atom is -0.453 e. The van der Waals surface area contributed by atoms with Crippen LogP contribution >= 0.6 is 0 Å². The number of amides is 1. The monoisotopic (exact) mass is 514 g/mol. The zero-order chi connectivity index (χ0) is 26.4. The largest absolute Gasteiger partial charge is 0.453 e. The zero-order valence-corrected chi connectivity index (χ0v) is 21.4. The van der Waals surface area contributed by atoms with Gasteiger partial charge in [0.2, 0.25) is 0 Å². The Morgan fingerprint density at radius 1 is 1.13 bits per heavy atom. The van der Waals surface area contributed by atoms with Crippen molar-refractivity contribution in [1.82, 2.24) is 24.5 Å². The van der Waals surface area contributed by atoms with Gasteiger partial charge in [0.15, 0.2) is 17.3 Å². The maximum Gasteiger partial charge on any atom is 0.271 e. The van der Waals surface area contributed by atoms with Crippen molar-refractivity contribution < 1.29 is 14.6 Å². The third-order valence-corrected chi connectivity index (χ3v) is 7.34. The number of hydrogen-bond acceptors (Lipinski definition) is 7. The van der Waals surface area contributed by atoms with Crippen molar-refractivity contribution in [3.8, 4) is 11.5 Å². The first kappa shape index (κ1) is 24.3. The number of carbonyl (C=O) groups is 1. The molecule has 6 rings (SSSR count). The van der Waals surface area contributed by atoms with Crippen LogP contribution in [0.15, 0.2) is 65.8 Å². The molecule has 1 saturated heterocycles. The van der Waals surface area contributed by atoms with Crippen molar-refractivity contribution in [2.24, 2.45) is 5.92 Å². The van der Waals surface area contributed by atoms with Gasteiger partial charge >= 0.3 is 0 Å². The highest BCUT2D eigenvalue weighted by Crippen LogP contribution is 2.42. The maximum atomic E-state index is 13.8. The summed E-state index contributed by atoms with van der Waals surface area (Å²) in [5.74, 6) is 1.41. The van der Waals surface area contributed by atoms with E-state index in [0.29, 0.717) is 30.0 Å². The zero-order valence-electron chi connectivity index (χ0n) is 21.4. The summed E-state index contributed by atoms with van der Waals surface area (Å²) in [6, 6.07) is 11.9. The number of anilines is 1. The van der Waals surface area contributed by atoms with Crippen LogP contribution in [0.2, 0.25) is 0 Å². The Balaban J connectivity index is 1.29. The molecule has 1 N–H and O–H groups in total. The number of fused-ring (bicyclic) bond motifs is 2. The van der Waals surface area contributed by atoms with Gasteiger partial charge in [-0.15, -0.1) is 0 Å². The Bertz CT molecular complexity index is 1550. The molecule has 3 aromatic heterocycles. The van der Waals surface area contributed by atoms with E-state index in [0.717, 1.165) is 24.6 Å². The minimum atomic E-state index is -0.934. The normalized spacial score (nSPS) is 21.6. The van der Waals surface area contributed by atoms with Gasteiger partial charge in [-0.1, -0.05) is 24.6 Å². The van der Waals surface area contributed by atoms with Gasteiger partial charge in [0.05, 0.1) is 18.3 Å². The second-order valence-corrected chi connectivity index (χ2v) is 10.8. The lowest BCUT2D eigenvalue weighted by Gasteiger charge is -2.40. The average Bonchev–Trinajstić information content (AvgIpc) is 3.53. The van der Waals surface area contributed by atoms with E-state index < -0.39 is 17.2 Å². The molecular weight excluding hydrogens is 484 g/mol. The molecule has 4 aromatic rings. The Morgan fingerprint density at radius 3 is 2.79 bits per heavy atom. The lowest BCUT2D eigenvalue weighted by Crippen LogP contribution is -2.53. The number of aromatic nitrogens is 5. The van der Waals surface area contributed by atoms with Crippen LogP contribution in [0, 0.1) is 5.92 Å². The van der Waals surface area contributed by atoms with E-state index in [-0.39, 0.29) is 23.6 Å². The Hall–Kier alpha value is -4.05. The summed E-state index contributed by atoms with van der Waals surface area (Å²) < 4.78 is 8.89. The Labute approximate surface area is 219 Å². The number of benzene rings is 1. The van der Waals surface area contributed by atoms with Crippen molar-refractivity contribution in [1.29, 1.82) is 0 Å². The first-order valence-corrected chi connectivity index (χ1v) is 13.0. The van der Waals surface area contributed by atoms with Crippen molar-refractivity contribution in [3.05, 3.63) is 71.4 Å². The van der Waals surface area contributed by atoms with Gasteiger partial charge in [-0.2, -0.15) is 10.2 Å². The number of carbonyl (C=O) groups excluding carboxylic acids is 1. The average molecular weight is 515 g/mol. The highest BCUT2D eigenvalue weighted by molar-refractivity contribution is 5.96. The lowest BCUT2D eigenvalue weighted by molar-refractivity contribution is -0.125. The molecule has 4 heterocycles. The highest BCUT2D eigenvalue weighted by atomic mass is 16.5. The van der Waals surface area contributed by atoms with E-state index >= 15 is 0 Å². The molecule has 10 heteroatoms. The number of rotatable bonds is 6. The van der Waals surface area contributed by atoms with Crippen LogP contribution in [-0.2, 0) is 11.3 Å². The Kier molecular flexibility index (Phi) is 5.98. The van der Waals surface area contributed by atoms with Crippen LogP contribution in [0.5, 0.6) is 11.5 Å². The molecule has 10 nitrogen and oxygen atoms in total. The summed E-state index contributed by atoms with van der Waals surface area (Å²) in [4.78, 5) is 33.2. The molecule has 2 aliphatic rings. The molecule has 0 bridgehead atoms. The van der Waals surface area contributed by atoms with Gasteiger partial charge in [0.25, 0.3) is 11.5 Å². The summed E-state index contributed by atoms with van der Waals surface area (Å²) in [7, 11) is 0. The SMILES string of the molecule is CC(C)(O)Cn1ccc(N2C(=O)C(n3ncc(Oc4cccc5cccnc45)cc3=O)CC3CCCC32)n1. The summed E-state index contributed by atoms with van der Waals surface area (Å²) in [6.07, 6.45) is 8.40. The first-order chi connectivity index (χ1) is 18.3. The minimum absolute atomic E-state index is 0.0430. The highest BCUT2D eigenvalue weighted by Gasteiger charge is 2.46. The lowest BCUT2D eigenvalue weighted by atomic mass is 9.88. The topological polar surface area (TPSA) is 115 Å². The first-order valence-electron chi connectivity index (χ1n) is 13.0. The fourth-order valence-electron chi connectivity index (χ4n) is 5.77. The number of ether oxygens (including phenoxy) is 1. The Morgan fingerprint density at radius 2 is 1.97 bits per heavy atom. The molecule has 3 unspecified atom stereocenters. The number of nitrogens with zero attached hydrogens (tertiary/aromatic N) is 6. The number of hydrogen-bond donors (Lipinski definition) is 1. The smallest absolute Gasteiger partial charge is 0.271 e. The van der Waals surface area contributed by atoms with E-state index in [1.165, 1.54) is 16.9 Å². The van der Waals surface area contributed by atoms with Crippen LogP contribution in [0.25, 0.3) is 10.9 Å². The summed E-state index contributed by atoms with van der Waals surface area (Å²) >= 11 is 0. The quantitative estimate of drug-likeness (QED) is 0.417. The predicted molar refractivity (Wildman–Crippen MR) is 141 cm³/mol. The third-order valence-electron chi connectivity index (χ3n) is 7.34. The predicted octanol–water partition coefficient (Wildman–Crippen LogP) is 3.70. The third kappa shape index (κ3) is 4.56. The summed E-state index contributed by atoms with van der Waals surface area (Å²) in [6.45, 7) is 3.73. The van der Waals surface area contributed by atoms with Crippen molar-refractivity contribution in [2.75, 3.05) is 4.90 Å². The van der Waals surface area contributed by atoms with E-state index in [2.05, 4.69) is 15.2 Å². The van der Waals surface area contributed by atoms with E-state index in [1.807, 2.05) is 24.3 Å². The van der Waals surface area contributed by atoms with Crippen molar-refractivity contribution in [2.45, 2.75) is 63.8 Å². The fraction of sp³-hybridized carbons (Fsp3) is 0.393. The van der Waals surface area contributed by atoms with Gasteiger partial charge in [-0.05, 0) is 51.2 Å². The number of aliphatic hydroxyl groups is 1. The van der Waals surface area contributed by atoms with Gasteiger partial charge in [-0.25, -0.2) is 4.68 Å². The van der Waals surface area contributed by atoms with Crippen LogP contribution in [0.3, 0.4) is 0 Å². The van der Waals surface area contributed by atoms with E-state index in [1.54, 1.807) is 48.0 Å². The second-order valence-electron chi connectivity index (χ2n) is 10.8. The molecule has 3 atom stereocenters. The van der Waals surface area contributed by atoms with Crippen LogP contribution in [-0.4, -0.2) is 47.2 Å². The van der Waals surface area contributed by atoms with Crippen LogP contribution in [0.1, 0.15) is 45.6 Å². The van der Waals surface area contributed by atoms with Crippen molar-refractivity contribution in [3.63, 3.8) is 0 Å². The molecule has 1 aliphatic heterocycles. The van der Waals surface area contributed by atoms with Crippen LogP contribution < -0.4 is 15.2 Å². The molecule has 1 saturated carbocycles. The summed E-state index contributed by atoms with van der Waals surface area (Å²) in [5, 5.41) is 20.1. The number of para-hydroxylation sites is 1. The molecule has 1 aromatic carbocycles. The van der Waals surface area contributed by atoms with Gasteiger partial charge in [-0.3, -0.25) is 24.2 Å². The molecule has 0 radical (unpaired) electrons. The molecule has 38 heavy (non-hydrogen) atoms. The van der Waals surface area contributed by atoms with E-state index in [4.69, 9.17) is 4.74 Å². The molecule has 0 spiro atoms.